The molecule has 106 valence electrons. The van der Waals surface area contributed by atoms with E-state index >= 15 is 0 Å². The molecule has 3 atom stereocenters. The number of aliphatic carboxylic acids is 1. The van der Waals surface area contributed by atoms with Crippen molar-refractivity contribution in [3.8, 4) is 0 Å². The molecular weight excluding hydrogens is 262 g/mol. The van der Waals surface area contributed by atoms with Gasteiger partial charge in [0, 0.05) is 11.9 Å². The molecule has 1 aliphatic rings. The van der Waals surface area contributed by atoms with Gasteiger partial charge in [0.25, 0.3) is 0 Å². The smallest absolute Gasteiger partial charge is 0.326 e. The van der Waals surface area contributed by atoms with E-state index in [1.54, 1.807) is 5.38 Å². The van der Waals surface area contributed by atoms with Gasteiger partial charge < -0.3 is 16.2 Å². The third kappa shape index (κ3) is 3.67. The van der Waals surface area contributed by atoms with Crippen LogP contribution in [0.2, 0.25) is 0 Å². The van der Waals surface area contributed by atoms with Crippen molar-refractivity contribution in [1.82, 2.24) is 4.98 Å². The van der Waals surface area contributed by atoms with Gasteiger partial charge in [0.15, 0.2) is 5.13 Å². The fourth-order valence-corrected chi connectivity index (χ4v) is 3.31. The van der Waals surface area contributed by atoms with Crippen molar-refractivity contribution in [2.75, 3.05) is 11.9 Å². The molecule has 1 heterocycles. The minimum absolute atomic E-state index is 0.427. The Bertz CT molecular complexity index is 435. The summed E-state index contributed by atoms with van der Waals surface area (Å²) in [5.74, 6) is 0.397. The third-order valence-electron chi connectivity index (χ3n) is 3.91. The van der Waals surface area contributed by atoms with Crippen molar-refractivity contribution in [3.05, 3.63) is 11.1 Å². The largest absolute Gasteiger partial charge is 0.480 e. The summed E-state index contributed by atoms with van der Waals surface area (Å²) in [5.41, 5.74) is 5.96. The van der Waals surface area contributed by atoms with Crippen LogP contribution in [-0.4, -0.2) is 22.6 Å². The summed E-state index contributed by atoms with van der Waals surface area (Å²) in [6.45, 7) is 3.22. The maximum atomic E-state index is 10.8. The van der Waals surface area contributed by atoms with E-state index in [9.17, 15) is 4.79 Å². The highest BCUT2D eigenvalue weighted by molar-refractivity contribution is 7.13. The molecule has 0 saturated heterocycles. The average Bonchev–Trinajstić information content (AvgIpc) is 2.85. The van der Waals surface area contributed by atoms with Crippen molar-refractivity contribution < 1.29 is 9.90 Å². The van der Waals surface area contributed by atoms with Gasteiger partial charge in [-0.2, -0.15) is 0 Å². The Kier molecular flexibility index (Phi) is 4.76. The molecule has 5 nitrogen and oxygen atoms in total. The molecule has 1 fully saturated rings. The maximum absolute atomic E-state index is 10.8. The van der Waals surface area contributed by atoms with Crippen LogP contribution in [0.4, 0.5) is 5.13 Å². The number of anilines is 1. The Balaban J connectivity index is 1.88. The molecule has 1 saturated carbocycles. The van der Waals surface area contributed by atoms with Gasteiger partial charge in [-0.25, -0.2) is 4.98 Å². The fourth-order valence-electron chi connectivity index (χ4n) is 2.55. The summed E-state index contributed by atoms with van der Waals surface area (Å²) in [6.07, 6.45) is 5.22. The zero-order valence-corrected chi connectivity index (χ0v) is 11.9. The molecule has 0 radical (unpaired) electrons. The number of carbonyl (C=O) groups is 1. The number of hydrogen-bond acceptors (Lipinski definition) is 5. The second-order valence-corrected chi connectivity index (χ2v) is 6.15. The zero-order chi connectivity index (χ0) is 13.8. The van der Waals surface area contributed by atoms with Gasteiger partial charge in [0.1, 0.15) is 6.04 Å². The fraction of sp³-hybridized carbons (Fsp3) is 0.692. The molecule has 0 aliphatic heterocycles. The number of hydrogen-bond donors (Lipinski definition) is 3. The Hall–Kier alpha value is -1.14. The summed E-state index contributed by atoms with van der Waals surface area (Å²) in [4.78, 5) is 15.0. The number of nitrogens with zero attached hydrogens (tertiary/aromatic N) is 1. The molecule has 0 bridgehead atoms. The Morgan fingerprint density at radius 1 is 1.63 bits per heavy atom. The first-order valence-electron chi connectivity index (χ1n) is 6.75. The number of nitrogens with one attached hydrogen (secondary N) is 1. The molecule has 19 heavy (non-hydrogen) atoms. The first-order chi connectivity index (χ1) is 9.08. The van der Waals surface area contributed by atoms with Crippen LogP contribution in [-0.2, 0) is 4.79 Å². The highest BCUT2D eigenvalue weighted by Crippen LogP contribution is 2.30. The Labute approximate surface area is 117 Å². The lowest BCUT2D eigenvalue weighted by atomic mass is 9.80. The molecule has 1 aromatic rings. The number of aromatic nitrogens is 1. The van der Waals surface area contributed by atoms with Gasteiger partial charge in [0.2, 0.25) is 0 Å². The van der Waals surface area contributed by atoms with E-state index in [0.29, 0.717) is 11.6 Å². The van der Waals surface area contributed by atoms with Crippen LogP contribution in [0.1, 0.15) is 44.3 Å². The number of carboxylic acids is 1. The molecule has 0 amide bonds. The molecule has 0 spiro atoms. The third-order valence-corrected chi connectivity index (χ3v) is 4.73. The van der Waals surface area contributed by atoms with Gasteiger partial charge in [-0.05, 0) is 18.3 Å². The molecule has 2 rings (SSSR count). The standard InChI is InChI=1S/C13H21N3O2S/c1-8-4-2-3-5-9(8)6-15-13-16-10(7-19-13)11(14)12(17)18/h7-9,11H,2-6,14H2,1H3,(H,15,16)(H,17,18). The maximum Gasteiger partial charge on any atom is 0.326 e. The van der Waals surface area contributed by atoms with Crippen LogP contribution in [0.5, 0.6) is 0 Å². The van der Waals surface area contributed by atoms with Crippen LogP contribution in [0.3, 0.4) is 0 Å². The molecule has 0 aromatic carbocycles. The predicted molar refractivity (Wildman–Crippen MR) is 76.3 cm³/mol. The molecule has 1 aliphatic carbocycles. The first-order valence-corrected chi connectivity index (χ1v) is 7.63. The molecule has 6 heteroatoms. The minimum Gasteiger partial charge on any atom is -0.480 e. The number of nitrogens with two attached hydrogens (primary N) is 1. The summed E-state index contributed by atoms with van der Waals surface area (Å²) in [6, 6.07) is -1.03. The van der Waals surface area contributed by atoms with E-state index < -0.39 is 12.0 Å². The molecule has 4 N–H and O–H groups in total. The second-order valence-electron chi connectivity index (χ2n) is 5.30. The lowest BCUT2D eigenvalue weighted by Gasteiger charge is -2.28. The number of thiazole rings is 1. The van der Waals surface area contributed by atoms with Gasteiger partial charge in [0.05, 0.1) is 5.69 Å². The summed E-state index contributed by atoms with van der Waals surface area (Å²) in [5, 5.41) is 14.6. The van der Waals surface area contributed by atoms with Crippen molar-refractivity contribution in [3.63, 3.8) is 0 Å². The first kappa shape index (κ1) is 14.3. The normalized spacial score (nSPS) is 24.9. The molecule has 1 aromatic heterocycles. The van der Waals surface area contributed by atoms with Crippen molar-refractivity contribution in [2.45, 2.75) is 38.6 Å². The van der Waals surface area contributed by atoms with Crippen molar-refractivity contribution in [2.24, 2.45) is 17.6 Å². The highest BCUT2D eigenvalue weighted by Gasteiger charge is 2.22. The van der Waals surface area contributed by atoms with Crippen LogP contribution in [0.15, 0.2) is 5.38 Å². The van der Waals surface area contributed by atoms with Gasteiger partial charge in [-0.3, -0.25) is 4.79 Å². The van der Waals surface area contributed by atoms with Crippen molar-refractivity contribution in [1.29, 1.82) is 0 Å². The zero-order valence-electron chi connectivity index (χ0n) is 11.1. The summed E-state index contributed by atoms with van der Waals surface area (Å²) >= 11 is 1.42. The lowest BCUT2D eigenvalue weighted by molar-refractivity contribution is -0.138. The van der Waals surface area contributed by atoms with E-state index in [2.05, 4.69) is 17.2 Å². The van der Waals surface area contributed by atoms with E-state index in [-0.39, 0.29) is 0 Å². The average molecular weight is 283 g/mol. The second kappa shape index (κ2) is 6.34. The molecular formula is C13H21N3O2S. The monoisotopic (exact) mass is 283 g/mol. The highest BCUT2D eigenvalue weighted by atomic mass is 32.1. The topological polar surface area (TPSA) is 88.2 Å². The van der Waals surface area contributed by atoms with E-state index in [0.717, 1.165) is 17.6 Å². The van der Waals surface area contributed by atoms with Crippen LogP contribution < -0.4 is 11.1 Å². The predicted octanol–water partition coefficient (Wildman–Crippen LogP) is 2.47. The number of rotatable bonds is 5. The van der Waals surface area contributed by atoms with Crippen LogP contribution >= 0.6 is 11.3 Å². The molecule has 3 unspecified atom stereocenters. The summed E-state index contributed by atoms with van der Waals surface area (Å²) < 4.78 is 0. The van der Waals surface area contributed by atoms with E-state index in [1.165, 1.54) is 37.0 Å². The Morgan fingerprint density at radius 2 is 2.37 bits per heavy atom. The minimum atomic E-state index is -1.04. The summed E-state index contributed by atoms with van der Waals surface area (Å²) in [7, 11) is 0. The van der Waals surface area contributed by atoms with E-state index in [4.69, 9.17) is 10.8 Å². The van der Waals surface area contributed by atoms with Gasteiger partial charge in [-0.1, -0.05) is 26.2 Å². The van der Waals surface area contributed by atoms with Crippen LogP contribution in [0, 0.1) is 11.8 Å². The van der Waals surface area contributed by atoms with Crippen molar-refractivity contribution >= 4 is 22.4 Å². The quantitative estimate of drug-likeness (QED) is 0.772. The SMILES string of the molecule is CC1CCCCC1CNc1nc(C(N)C(=O)O)cs1. The lowest BCUT2D eigenvalue weighted by Crippen LogP contribution is -2.24. The van der Waals surface area contributed by atoms with E-state index in [1.807, 2.05) is 0 Å². The van der Waals surface area contributed by atoms with Gasteiger partial charge >= 0.3 is 5.97 Å². The number of carboxylic acid groups (broad SMARTS) is 1. The van der Waals surface area contributed by atoms with Crippen LogP contribution in [0.25, 0.3) is 0 Å². The van der Waals surface area contributed by atoms with Gasteiger partial charge in [-0.15, -0.1) is 11.3 Å². The Morgan fingerprint density at radius 3 is 3.05 bits per heavy atom.